The van der Waals surface area contributed by atoms with Gasteiger partial charge in [0.25, 0.3) is 0 Å². The summed E-state index contributed by atoms with van der Waals surface area (Å²) >= 11 is 0. The van der Waals surface area contributed by atoms with Crippen LogP contribution in [0.25, 0.3) is 32.3 Å². The minimum absolute atomic E-state index is 1.02. The molecular formula is C18H15N3. The number of fused-ring (bicyclic) bond motifs is 6. The average molecular weight is 273 g/mol. The molecule has 21 heavy (non-hydrogen) atoms. The lowest BCUT2D eigenvalue weighted by atomic mass is 9.96. The van der Waals surface area contributed by atoms with Gasteiger partial charge < -0.3 is 0 Å². The standard InChI is InChI=1S/C18H15N3/c1-10-4-13-16(7-19-10)14-5-11(2)21-9-18(14)15-6-12(3)20-8-17(13)15/h4-9H,1-3H3. The van der Waals surface area contributed by atoms with E-state index in [-0.39, 0.29) is 0 Å². The van der Waals surface area contributed by atoms with Crippen LogP contribution in [0.2, 0.25) is 0 Å². The Bertz CT molecular complexity index is 856. The Morgan fingerprint density at radius 2 is 0.762 bits per heavy atom. The van der Waals surface area contributed by atoms with Crippen LogP contribution in [-0.2, 0) is 0 Å². The largest absolute Gasteiger partial charge is 0.261 e. The molecule has 0 amide bonds. The van der Waals surface area contributed by atoms with E-state index in [1.54, 1.807) is 0 Å². The highest BCUT2D eigenvalue weighted by molar-refractivity contribution is 6.24. The van der Waals surface area contributed by atoms with Gasteiger partial charge in [-0.15, -0.1) is 0 Å². The van der Waals surface area contributed by atoms with E-state index in [0.717, 1.165) is 17.1 Å². The van der Waals surface area contributed by atoms with Crippen LogP contribution >= 0.6 is 0 Å². The van der Waals surface area contributed by atoms with Gasteiger partial charge in [0.2, 0.25) is 0 Å². The van der Waals surface area contributed by atoms with Gasteiger partial charge in [-0.3, -0.25) is 15.0 Å². The second-order valence-corrected chi connectivity index (χ2v) is 5.61. The third-order valence-corrected chi connectivity index (χ3v) is 3.99. The summed E-state index contributed by atoms with van der Waals surface area (Å²) < 4.78 is 0. The van der Waals surface area contributed by atoms with Crippen molar-refractivity contribution in [3.8, 4) is 0 Å². The number of rotatable bonds is 0. The fraction of sp³-hybridized carbons (Fsp3) is 0.167. The Morgan fingerprint density at radius 1 is 0.476 bits per heavy atom. The van der Waals surface area contributed by atoms with E-state index in [4.69, 9.17) is 0 Å². The van der Waals surface area contributed by atoms with Gasteiger partial charge in [0.15, 0.2) is 0 Å². The third-order valence-electron chi connectivity index (χ3n) is 3.99. The fourth-order valence-corrected chi connectivity index (χ4v) is 2.99. The fourth-order valence-electron chi connectivity index (χ4n) is 2.99. The minimum Gasteiger partial charge on any atom is -0.261 e. The van der Waals surface area contributed by atoms with Crippen molar-refractivity contribution in [2.75, 3.05) is 0 Å². The normalized spacial score (nSPS) is 11.6. The summed E-state index contributed by atoms with van der Waals surface area (Å²) in [5, 5.41) is 7.13. The van der Waals surface area contributed by atoms with Crippen molar-refractivity contribution in [1.29, 1.82) is 0 Å². The van der Waals surface area contributed by atoms with Gasteiger partial charge in [-0.1, -0.05) is 0 Å². The van der Waals surface area contributed by atoms with Gasteiger partial charge in [-0.25, -0.2) is 0 Å². The van der Waals surface area contributed by atoms with Gasteiger partial charge in [0.1, 0.15) is 0 Å². The van der Waals surface area contributed by atoms with Gasteiger partial charge in [0.05, 0.1) is 0 Å². The van der Waals surface area contributed by atoms with E-state index >= 15 is 0 Å². The van der Waals surface area contributed by atoms with Crippen LogP contribution in [0, 0.1) is 20.8 Å². The second kappa shape index (κ2) is 4.22. The summed E-state index contributed by atoms with van der Waals surface area (Å²) in [6.07, 6.45) is 5.89. The van der Waals surface area contributed by atoms with Crippen LogP contribution < -0.4 is 0 Å². The summed E-state index contributed by atoms with van der Waals surface area (Å²) in [6, 6.07) is 6.43. The molecule has 0 spiro atoms. The molecule has 0 unspecified atom stereocenters. The quantitative estimate of drug-likeness (QED) is 0.449. The zero-order valence-electron chi connectivity index (χ0n) is 12.3. The maximum Gasteiger partial charge on any atom is 0.0379 e. The molecule has 0 aliphatic rings. The molecule has 0 fully saturated rings. The first-order chi connectivity index (χ1) is 10.1. The smallest absolute Gasteiger partial charge is 0.0379 e. The summed E-state index contributed by atoms with van der Waals surface area (Å²) in [7, 11) is 0. The van der Waals surface area contributed by atoms with Crippen LogP contribution in [-0.4, -0.2) is 15.0 Å². The lowest BCUT2D eigenvalue weighted by Crippen LogP contribution is -1.91. The maximum absolute atomic E-state index is 4.47. The number of aromatic nitrogens is 3. The molecule has 1 aromatic carbocycles. The van der Waals surface area contributed by atoms with Crippen molar-refractivity contribution < 1.29 is 0 Å². The number of benzene rings is 1. The van der Waals surface area contributed by atoms with E-state index in [2.05, 4.69) is 33.2 Å². The molecular weight excluding hydrogens is 258 g/mol. The van der Waals surface area contributed by atoms with Crippen LogP contribution in [0.3, 0.4) is 0 Å². The number of nitrogens with zero attached hydrogens (tertiary/aromatic N) is 3. The van der Waals surface area contributed by atoms with Gasteiger partial charge >= 0.3 is 0 Å². The third kappa shape index (κ3) is 1.77. The molecule has 0 atom stereocenters. The van der Waals surface area contributed by atoms with Crippen LogP contribution in [0.15, 0.2) is 36.8 Å². The molecule has 3 heterocycles. The first-order valence-corrected chi connectivity index (χ1v) is 7.04. The first kappa shape index (κ1) is 12.2. The Kier molecular flexibility index (Phi) is 2.45. The molecule has 4 rings (SSSR count). The van der Waals surface area contributed by atoms with Gasteiger partial charge in [-0.2, -0.15) is 0 Å². The molecule has 0 aliphatic heterocycles. The highest BCUT2D eigenvalue weighted by Crippen LogP contribution is 2.34. The van der Waals surface area contributed by atoms with Crippen molar-refractivity contribution in [3.63, 3.8) is 0 Å². The van der Waals surface area contributed by atoms with Crippen molar-refractivity contribution in [3.05, 3.63) is 53.9 Å². The molecule has 0 radical (unpaired) electrons. The maximum atomic E-state index is 4.47. The predicted molar refractivity (Wildman–Crippen MR) is 86.6 cm³/mol. The SMILES string of the molecule is Cc1cc2c(cn1)c1cc(C)ncc1c1cc(C)ncc21. The van der Waals surface area contributed by atoms with E-state index in [1.807, 2.05) is 39.4 Å². The summed E-state index contributed by atoms with van der Waals surface area (Å²) in [5.74, 6) is 0. The highest BCUT2D eigenvalue weighted by Gasteiger charge is 2.10. The molecule has 4 aromatic rings. The van der Waals surface area contributed by atoms with Crippen molar-refractivity contribution in [2.45, 2.75) is 20.8 Å². The Morgan fingerprint density at radius 3 is 1.05 bits per heavy atom. The van der Waals surface area contributed by atoms with Crippen LogP contribution in [0.1, 0.15) is 17.1 Å². The number of hydrogen-bond donors (Lipinski definition) is 0. The monoisotopic (exact) mass is 273 g/mol. The summed E-state index contributed by atoms with van der Waals surface area (Å²) in [4.78, 5) is 13.4. The van der Waals surface area contributed by atoms with Crippen molar-refractivity contribution >= 4 is 32.3 Å². The average Bonchev–Trinajstić information content (AvgIpc) is 2.46. The lowest BCUT2D eigenvalue weighted by Gasteiger charge is -2.11. The van der Waals surface area contributed by atoms with E-state index < -0.39 is 0 Å². The van der Waals surface area contributed by atoms with Gasteiger partial charge in [-0.05, 0) is 55.1 Å². The Hall–Kier alpha value is -2.55. The lowest BCUT2D eigenvalue weighted by molar-refractivity contribution is 1.21. The zero-order chi connectivity index (χ0) is 14.6. The number of hydrogen-bond acceptors (Lipinski definition) is 3. The van der Waals surface area contributed by atoms with Crippen molar-refractivity contribution in [1.82, 2.24) is 15.0 Å². The molecule has 102 valence electrons. The predicted octanol–water partition coefficient (Wildman–Crippen LogP) is 4.26. The van der Waals surface area contributed by atoms with Crippen molar-refractivity contribution in [2.24, 2.45) is 0 Å². The van der Waals surface area contributed by atoms with E-state index in [1.165, 1.54) is 32.3 Å². The number of pyridine rings is 3. The zero-order valence-corrected chi connectivity index (χ0v) is 12.3. The van der Waals surface area contributed by atoms with E-state index in [0.29, 0.717) is 0 Å². The molecule has 3 aromatic heterocycles. The van der Waals surface area contributed by atoms with Gasteiger partial charge in [0, 0.05) is 51.8 Å². The molecule has 3 heteroatoms. The Labute approximate surface area is 122 Å². The van der Waals surface area contributed by atoms with E-state index in [9.17, 15) is 0 Å². The molecule has 0 bridgehead atoms. The number of aryl methyl sites for hydroxylation is 3. The summed E-state index contributed by atoms with van der Waals surface area (Å²) in [5.41, 5.74) is 3.07. The molecule has 3 nitrogen and oxygen atoms in total. The molecule has 0 aliphatic carbocycles. The molecule has 0 N–H and O–H groups in total. The Balaban J connectivity index is 2.39. The molecule has 0 saturated carbocycles. The topological polar surface area (TPSA) is 38.7 Å². The minimum atomic E-state index is 1.02. The first-order valence-electron chi connectivity index (χ1n) is 7.04. The second-order valence-electron chi connectivity index (χ2n) is 5.61. The molecule has 0 saturated heterocycles. The van der Waals surface area contributed by atoms with Crippen LogP contribution in [0.5, 0.6) is 0 Å². The summed E-state index contributed by atoms with van der Waals surface area (Å²) in [6.45, 7) is 6.07. The highest BCUT2D eigenvalue weighted by atomic mass is 14.7. The van der Waals surface area contributed by atoms with Crippen LogP contribution in [0.4, 0.5) is 0 Å².